The molecule has 0 unspecified atom stereocenters. The lowest BCUT2D eigenvalue weighted by atomic mass is 10.2. The highest BCUT2D eigenvalue weighted by atomic mass is 15.3. The van der Waals surface area contributed by atoms with Crippen molar-refractivity contribution in [1.82, 2.24) is 25.0 Å². The average molecular weight is 289 g/mol. The molecule has 0 radical (unpaired) electrons. The number of nitrogens with zero attached hydrogens (tertiary/aromatic N) is 4. The van der Waals surface area contributed by atoms with Crippen molar-refractivity contribution >= 4 is 11.0 Å². The molecule has 2 heterocycles. The van der Waals surface area contributed by atoms with Crippen molar-refractivity contribution in [2.45, 2.75) is 33.7 Å². The van der Waals surface area contributed by atoms with Gasteiger partial charge in [0.25, 0.3) is 0 Å². The van der Waals surface area contributed by atoms with Crippen molar-refractivity contribution in [3.63, 3.8) is 0 Å². The SMILES string of the molecule is CCN(CC)CCCNCc1cnc2c(c1)c(C)nn2C. The van der Waals surface area contributed by atoms with Gasteiger partial charge in [-0.05, 0) is 51.2 Å². The maximum Gasteiger partial charge on any atom is 0.157 e. The minimum atomic E-state index is 0.871. The van der Waals surface area contributed by atoms with E-state index in [9.17, 15) is 0 Å². The Bertz CT molecular complexity index is 571. The van der Waals surface area contributed by atoms with E-state index in [4.69, 9.17) is 0 Å². The second-order valence-electron chi connectivity index (χ2n) is 5.48. The standard InChI is InChI=1S/C16H27N5/c1-5-21(6-2)9-7-8-17-11-14-10-15-13(3)19-20(4)16(15)18-12-14/h10,12,17H,5-9,11H2,1-4H3. The van der Waals surface area contributed by atoms with Gasteiger partial charge in [0, 0.05) is 25.2 Å². The molecule has 2 aromatic rings. The van der Waals surface area contributed by atoms with Crippen LogP contribution in [-0.4, -0.2) is 45.8 Å². The summed E-state index contributed by atoms with van der Waals surface area (Å²) in [6.45, 7) is 11.8. The van der Waals surface area contributed by atoms with Gasteiger partial charge in [0.2, 0.25) is 0 Å². The number of aryl methyl sites for hydroxylation is 2. The topological polar surface area (TPSA) is 46.0 Å². The number of rotatable bonds is 8. The van der Waals surface area contributed by atoms with Gasteiger partial charge in [-0.15, -0.1) is 0 Å². The van der Waals surface area contributed by atoms with Crippen LogP contribution in [0.5, 0.6) is 0 Å². The van der Waals surface area contributed by atoms with Crippen molar-refractivity contribution < 1.29 is 0 Å². The minimum absolute atomic E-state index is 0.871. The van der Waals surface area contributed by atoms with Crippen LogP contribution in [0, 0.1) is 6.92 Å². The van der Waals surface area contributed by atoms with E-state index in [0.29, 0.717) is 0 Å². The molecule has 5 heteroatoms. The van der Waals surface area contributed by atoms with Crippen LogP contribution in [-0.2, 0) is 13.6 Å². The second-order valence-corrected chi connectivity index (χ2v) is 5.48. The normalized spacial score (nSPS) is 11.7. The number of hydrogen-bond donors (Lipinski definition) is 1. The van der Waals surface area contributed by atoms with Crippen LogP contribution in [0.2, 0.25) is 0 Å². The molecule has 0 saturated carbocycles. The Balaban J connectivity index is 1.82. The van der Waals surface area contributed by atoms with Gasteiger partial charge >= 0.3 is 0 Å². The van der Waals surface area contributed by atoms with Crippen LogP contribution >= 0.6 is 0 Å². The first kappa shape index (κ1) is 15.9. The number of nitrogens with one attached hydrogen (secondary N) is 1. The predicted octanol–water partition coefficient (Wildman–Crippen LogP) is 2.10. The molecule has 0 aliphatic carbocycles. The van der Waals surface area contributed by atoms with E-state index in [1.807, 2.05) is 24.9 Å². The second kappa shape index (κ2) is 7.52. The zero-order chi connectivity index (χ0) is 15.2. The summed E-state index contributed by atoms with van der Waals surface area (Å²) in [5.74, 6) is 0. The molecule has 1 N–H and O–H groups in total. The summed E-state index contributed by atoms with van der Waals surface area (Å²) in [5.41, 5.74) is 3.22. The lowest BCUT2D eigenvalue weighted by Gasteiger charge is -2.17. The Hall–Kier alpha value is -1.46. The molecule has 0 aliphatic rings. The Morgan fingerprint density at radius 2 is 2.05 bits per heavy atom. The highest BCUT2D eigenvalue weighted by molar-refractivity contribution is 5.78. The largest absolute Gasteiger partial charge is 0.313 e. The number of aromatic nitrogens is 3. The maximum absolute atomic E-state index is 4.51. The number of fused-ring (bicyclic) bond motifs is 1. The fourth-order valence-electron chi connectivity index (χ4n) is 2.65. The van der Waals surface area contributed by atoms with Crippen molar-refractivity contribution in [3.05, 3.63) is 23.5 Å². The van der Waals surface area contributed by atoms with Crippen LogP contribution < -0.4 is 5.32 Å². The Morgan fingerprint density at radius 1 is 1.29 bits per heavy atom. The summed E-state index contributed by atoms with van der Waals surface area (Å²) in [5, 5.41) is 9.06. The molecule has 0 atom stereocenters. The quantitative estimate of drug-likeness (QED) is 0.756. The van der Waals surface area contributed by atoms with Crippen LogP contribution in [0.1, 0.15) is 31.5 Å². The van der Waals surface area contributed by atoms with Gasteiger partial charge < -0.3 is 10.2 Å². The van der Waals surface area contributed by atoms with Crippen molar-refractivity contribution in [2.24, 2.45) is 7.05 Å². The molecule has 5 nitrogen and oxygen atoms in total. The third-order valence-electron chi connectivity index (χ3n) is 3.97. The third-order valence-corrected chi connectivity index (χ3v) is 3.97. The molecule has 2 aromatic heterocycles. The summed E-state index contributed by atoms with van der Waals surface area (Å²) in [4.78, 5) is 6.96. The van der Waals surface area contributed by atoms with E-state index < -0.39 is 0 Å². The summed E-state index contributed by atoms with van der Waals surface area (Å²) in [6.07, 6.45) is 3.13. The number of pyridine rings is 1. The molecule has 0 aliphatic heterocycles. The fourth-order valence-corrected chi connectivity index (χ4v) is 2.65. The molecule has 0 fully saturated rings. The van der Waals surface area contributed by atoms with Crippen LogP contribution in [0.15, 0.2) is 12.3 Å². The van der Waals surface area contributed by atoms with Gasteiger partial charge in [0.15, 0.2) is 5.65 Å². The number of hydrogen-bond acceptors (Lipinski definition) is 4. The molecule has 0 aromatic carbocycles. The molecule has 21 heavy (non-hydrogen) atoms. The first-order valence-corrected chi connectivity index (χ1v) is 7.87. The average Bonchev–Trinajstić information content (AvgIpc) is 2.77. The van der Waals surface area contributed by atoms with E-state index in [1.165, 1.54) is 18.5 Å². The molecule has 2 rings (SSSR count). The van der Waals surface area contributed by atoms with Gasteiger partial charge in [-0.25, -0.2) is 4.98 Å². The Kier molecular flexibility index (Phi) is 5.70. The third kappa shape index (κ3) is 4.02. The zero-order valence-corrected chi connectivity index (χ0v) is 13.7. The van der Waals surface area contributed by atoms with Crippen LogP contribution in [0.3, 0.4) is 0 Å². The highest BCUT2D eigenvalue weighted by Crippen LogP contribution is 2.16. The molecular formula is C16H27N5. The van der Waals surface area contributed by atoms with Crippen LogP contribution in [0.25, 0.3) is 11.0 Å². The summed E-state index contributed by atoms with van der Waals surface area (Å²) in [7, 11) is 1.94. The lowest BCUT2D eigenvalue weighted by molar-refractivity contribution is 0.298. The van der Waals surface area contributed by atoms with E-state index >= 15 is 0 Å². The monoisotopic (exact) mass is 289 g/mol. The van der Waals surface area contributed by atoms with E-state index in [0.717, 1.165) is 42.9 Å². The van der Waals surface area contributed by atoms with Crippen molar-refractivity contribution in [1.29, 1.82) is 0 Å². The molecule has 0 bridgehead atoms. The first-order valence-electron chi connectivity index (χ1n) is 7.87. The van der Waals surface area contributed by atoms with Gasteiger partial charge in [0.1, 0.15) is 0 Å². The zero-order valence-electron chi connectivity index (χ0n) is 13.7. The Labute approximate surface area is 127 Å². The molecular weight excluding hydrogens is 262 g/mol. The summed E-state index contributed by atoms with van der Waals surface area (Å²) >= 11 is 0. The van der Waals surface area contributed by atoms with Gasteiger partial charge in [-0.2, -0.15) is 5.10 Å². The fraction of sp³-hybridized carbons (Fsp3) is 0.625. The van der Waals surface area contributed by atoms with E-state index in [1.54, 1.807) is 0 Å². The highest BCUT2D eigenvalue weighted by Gasteiger charge is 2.06. The Morgan fingerprint density at radius 3 is 2.76 bits per heavy atom. The molecule has 0 spiro atoms. The molecule has 116 valence electrons. The first-order chi connectivity index (χ1) is 10.2. The van der Waals surface area contributed by atoms with E-state index in [-0.39, 0.29) is 0 Å². The smallest absolute Gasteiger partial charge is 0.157 e. The van der Waals surface area contributed by atoms with Crippen LogP contribution in [0.4, 0.5) is 0 Å². The maximum atomic E-state index is 4.51. The van der Waals surface area contributed by atoms with Gasteiger partial charge in [-0.3, -0.25) is 4.68 Å². The van der Waals surface area contributed by atoms with Crippen molar-refractivity contribution in [2.75, 3.05) is 26.2 Å². The molecule has 0 saturated heterocycles. The van der Waals surface area contributed by atoms with Gasteiger partial charge in [0.05, 0.1) is 5.69 Å². The summed E-state index contributed by atoms with van der Waals surface area (Å²) in [6, 6.07) is 2.20. The van der Waals surface area contributed by atoms with E-state index in [2.05, 4.69) is 40.2 Å². The minimum Gasteiger partial charge on any atom is -0.313 e. The van der Waals surface area contributed by atoms with Crippen molar-refractivity contribution in [3.8, 4) is 0 Å². The summed E-state index contributed by atoms with van der Waals surface area (Å²) < 4.78 is 1.84. The predicted molar refractivity (Wildman–Crippen MR) is 87.4 cm³/mol. The lowest BCUT2D eigenvalue weighted by Crippen LogP contribution is -2.27. The van der Waals surface area contributed by atoms with Gasteiger partial charge in [-0.1, -0.05) is 13.8 Å². The molecule has 0 amide bonds.